The van der Waals surface area contributed by atoms with E-state index in [4.69, 9.17) is 0 Å². The highest BCUT2D eigenvalue weighted by molar-refractivity contribution is 5.53. The van der Waals surface area contributed by atoms with Gasteiger partial charge in [-0.2, -0.15) is 0 Å². The van der Waals surface area contributed by atoms with Crippen molar-refractivity contribution >= 4 is 6.29 Å². The fraction of sp³-hybridized carbons (Fsp3) is 0.833. The van der Waals surface area contributed by atoms with Gasteiger partial charge in [-0.05, 0) is 0 Å². The van der Waals surface area contributed by atoms with Crippen molar-refractivity contribution in [3.05, 3.63) is 0 Å². The van der Waals surface area contributed by atoms with Crippen LogP contribution in [-0.4, -0.2) is 6.29 Å². The van der Waals surface area contributed by atoms with Crippen molar-refractivity contribution in [3.63, 3.8) is 0 Å². The minimum atomic E-state index is 0.144. The third-order valence-electron chi connectivity index (χ3n) is 0.923. The number of carbonyl (C=O) groups excluding carboxylic acids is 1. The molecule has 0 radical (unpaired) electrons. The van der Waals surface area contributed by atoms with Gasteiger partial charge in [0, 0.05) is 0 Å². The van der Waals surface area contributed by atoms with Crippen LogP contribution in [0, 0.1) is 5.92 Å². The Kier molecular flexibility index (Phi) is 3.67. The van der Waals surface area contributed by atoms with E-state index < -0.39 is 0 Å². The van der Waals surface area contributed by atoms with E-state index in [0.717, 1.165) is 12.8 Å². The summed E-state index contributed by atoms with van der Waals surface area (Å²) in [5.41, 5.74) is 0. The van der Waals surface area contributed by atoms with Crippen molar-refractivity contribution in [3.8, 4) is 0 Å². The quantitative estimate of drug-likeness (QED) is 0.490. The second-order valence-electron chi connectivity index (χ2n) is 1.81. The largest absolute Gasteiger partial charge is 0.542 e. The van der Waals surface area contributed by atoms with Crippen molar-refractivity contribution in [1.29, 1.82) is 0 Å². The van der Waals surface area contributed by atoms with Gasteiger partial charge in [-0.3, -0.25) is 6.29 Å². The van der Waals surface area contributed by atoms with Crippen LogP contribution in [0.2, 0.25) is 0 Å². The summed E-state index contributed by atoms with van der Waals surface area (Å²) in [5.74, 6) is 0.144. The first-order valence-electron chi connectivity index (χ1n) is 2.69. The zero-order chi connectivity index (χ0) is 5.70. The van der Waals surface area contributed by atoms with E-state index in [1.165, 1.54) is 0 Å². The van der Waals surface area contributed by atoms with Crippen LogP contribution in [0.15, 0.2) is 0 Å². The van der Waals surface area contributed by atoms with Gasteiger partial charge >= 0.3 is 0 Å². The summed E-state index contributed by atoms with van der Waals surface area (Å²) in [4.78, 5) is 9.77. The monoisotopic (exact) mass is 99.1 g/mol. The van der Waals surface area contributed by atoms with Gasteiger partial charge in [0.1, 0.15) is 0 Å². The first-order valence-corrected chi connectivity index (χ1v) is 2.69. The Morgan fingerprint density at radius 2 is 2.29 bits per heavy atom. The predicted octanol–water partition coefficient (Wildman–Crippen LogP) is 1.53. The molecule has 0 heterocycles. The molecular weight excluding hydrogens is 88.1 g/mol. The lowest BCUT2D eigenvalue weighted by atomic mass is 10.1. The van der Waals surface area contributed by atoms with Crippen molar-refractivity contribution in [2.75, 3.05) is 0 Å². The molecule has 0 spiro atoms. The molecule has 0 aliphatic rings. The van der Waals surface area contributed by atoms with Crippen LogP contribution in [0.4, 0.5) is 0 Å². The van der Waals surface area contributed by atoms with Crippen LogP contribution in [0.3, 0.4) is 0 Å². The molecular formula is C6H11O-. The van der Waals surface area contributed by atoms with Crippen molar-refractivity contribution in [1.82, 2.24) is 0 Å². The van der Waals surface area contributed by atoms with E-state index in [1.807, 2.05) is 13.2 Å². The number of hydrogen-bond donors (Lipinski definition) is 0. The summed E-state index contributed by atoms with van der Waals surface area (Å²) in [6.07, 6.45) is 3.97. The summed E-state index contributed by atoms with van der Waals surface area (Å²) in [6.45, 7) is 3.95. The van der Waals surface area contributed by atoms with Crippen LogP contribution in [0.1, 0.15) is 26.7 Å². The fourth-order valence-corrected chi connectivity index (χ4v) is 0.492. The minimum Gasteiger partial charge on any atom is -0.542 e. The zero-order valence-corrected chi connectivity index (χ0v) is 4.90. The molecule has 0 saturated heterocycles. The van der Waals surface area contributed by atoms with Gasteiger partial charge in [0.2, 0.25) is 0 Å². The molecule has 0 aliphatic heterocycles. The molecule has 0 fully saturated rings. The first kappa shape index (κ1) is 6.67. The second-order valence-corrected chi connectivity index (χ2v) is 1.81. The lowest BCUT2D eigenvalue weighted by molar-refractivity contribution is 0.517. The first-order chi connectivity index (χ1) is 3.31. The Morgan fingerprint density at radius 3 is 2.43 bits per heavy atom. The third-order valence-corrected chi connectivity index (χ3v) is 0.923. The van der Waals surface area contributed by atoms with E-state index in [1.54, 1.807) is 0 Å². The van der Waals surface area contributed by atoms with Crippen LogP contribution in [-0.2, 0) is 4.79 Å². The summed E-state index contributed by atoms with van der Waals surface area (Å²) in [6, 6.07) is 0. The molecule has 1 atom stereocenters. The van der Waals surface area contributed by atoms with Gasteiger partial charge < -0.3 is 4.79 Å². The van der Waals surface area contributed by atoms with Crippen LogP contribution >= 0.6 is 0 Å². The Bertz CT molecular complexity index is 50.1. The van der Waals surface area contributed by atoms with Crippen molar-refractivity contribution in [2.24, 2.45) is 5.92 Å². The van der Waals surface area contributed by atoms with Gasteiger partial charge in [-0.1, -0.05) is 26.7 Å². The van der Waals surface area contributed by atoms with Crippen LogP contribution in [0.25, 0.3) is 0 Å². The average molecular weight is 99.2 g/mol. The standard InChI is InChI=1S/C6H11O/c1-3-4-6(2)5-7/h6H,3-4H2,1-2H3/q-1. The molecule has 0 N–H and O–H groups in total. The molecule has 1 unspecified atom stereocenters. The Labute approximate surface area is 44.7 Å². The molecule has 1 nitrogen and oxygen atoms in total. The summed E-state index contributed by atoms with van der Waals surface area (Å²) in [5, 5.41) is 0. The summed E-state index contributed by atoms with van der Waals surface area (Å²) < 4.78 is 0. The summed E-state index contributed by atoms with van der Waals surface area (Å²) >= 11 is 0. The van der Waals surface area contributed by atoms with Gasteiger partial charge in [0.15, 0.2) is 0 Å². The highest BCUT2D eigenvalue weighted by Gasteiger charge is 1.81. The van der Waals surface area contributed by atoms with Crippen molar-refractivity contribution in [2.45, 2.75) is 26.7 Å². The molecule has 0 bridgehead atoms. The molecule has 0 aromatic rings. The maximum absolute atomic E-state index is 9.77. The number of hydrogen-bond acceptors (Lipinski definition) is 1. The molecule has 7 heavy (non-hydrogen) atoms. The highest BCUT2D eigenvalue weighted by atomic mass is 16.1. The molecule has 0 aliphatic carbocycles. The molecule has 0 saturated carbocycles. The SMILES string of the molecule is CCCC(C)[C-]=O. The summed E-state index contributed by atoms with van der Waals surface area (Å²) in [7, 11) is 0. The van der Waals surface area contributed by atoms with Gasteiger partial charge in [-0.15, -0.1) is 5.92 Å². The maximum atomic E-state index is 9.77. The molecule has 0 aromatic carbocycles. The topological polar surface area (TPSA) is 17.1 Å². The fourth-order valence-electron chi connectivity index (χ4n) is 0.492. The minimum absolute atomic E-state index is 0.144. The lowest BCUT2D eigenvalue weighted by Gasteiger charge is -2.07. The number of rotatable bonds is 3. The molecule has 1 heteroatoms. The van der Waals surface area contributed by atoms with Crippen LogP contribution < -0.4 is 0 Å². The third kappa shape index (κ3) is 3.50. The van der Waals surface area contributed by atoms with E-state index in [2.05, 4.69) is 6.92 Å². The maximum Gasteiger partial charge on any atom is -0.0582 e. The van der Waals surface area contributed by atoms with Gasteiger partial charge in [-0.25, -0.2) is 0 Å². The normalized spacial score (nSPS) is 13.4. The molecule has 0 aromatic heterocycles. The van der Waals surface area contributed by atoms with E-state index in [9.17, 15) is 4.79 Å². The smallest absolute Gasteiger partial charge is 0.0582 e. The molecule has 0 rings (SSSR count). The average Bonchev–Trinajstić information content (AvgIpc) is 1.68. The zero-order valence-electron chi connectivity index (χ0n) is 4.90. The van der Waals surface area contributed by atoms with E-state index in [-0.39, 0.29) is 5.92 Å². The van der Waals surface area contributed by atoms with Gasteiger partial charge in [0.05, 0.1) is 0 Å². The van der Waals surface area contributed by atoms with Gasteiger partial charge in [0.25, 0.3) is 0 Å². The molecule has 42 valence electrons. The van der Waals surface area contributed by atoms with Crippen molar-refractivity contribution < 1.29 is 4.79 Å². The van der Waals surface area contributed by atoms with E-state index in [0.29, 0.717) is 0 Å². The second kappa shape index (κ2) is 3.85. The Morgan fingerprint density at radius 1 is 1.71 bits per heavy atom. The molecule has 0 amide bonds. The van der Waals surface area contributed by atoms with E-state index >= 15 is 0 Å². The lowest BCUT2D eigenvalue weighted by Crippen LogP contribution is -1.92. The highest BCUT2D eigenvalue weighted by Crippen LogP contribution is 1.98. The van der Waals surface area contributed by atoms with Crippen LogP contribution in [0.5, 0.6) is 0 Å². The Hall–Kier alpha value is -0.330. The Balaban J connectivity index is 2.98. The predicted molar refractivity (Wildman–Crippen MR) is 29.8 cm³/mol.